The Hall–Kier alpha value is -3.86. The number of allylic oxidation sites excluding steroid dienone is 4. The van der Waals surface area contributed by atoms with Gasteiger partial charge in [0.1, 0.15) is 6.79 Å². The summed E-state index contributed by atoms with van der Waals surface area (Å²) >= 11 is 0. The van der Waals surface area contributed by atoms with Crippen molar-refractivity contribution in [3.63, 3.8) is 0 Å². The fourth-order valence-corrected chi connectivity index (χ4v) is 5.15. The molecule has 2 aliphatic rings. The number of carbonyl (C=O) groups excluding carboxylic acids is 3. The maximum Gasteiger partial charge on any atom is 0.319 e. The van der Waals surface area contributed by atoms with E-state index in [1.807, 2.05) is 44.0 Å². The van der Waals surface area contributed by atoms with Gasteiger partial charge >= 0.3 is 6.03 Å². The van der Waals surface area contributed by atoms with E-state index in [-0.39, 0.29) is 23.4 Å². The third-order valence-corrected chi connectivity index (χ3v) is 8.35. The number of likely N-dealkylation sites (N-methyl/N-ethyl adjacent to an activating group) is 1. The number of hydrogen-bond donors (Lipinski definition) is 3. The summed E-state index contributed by atoms with van der Waals surface area (Å²) in [6.45, 7) is 28.5. The molecule has 1 saturated heterocycles. The Kier molecular flexibility index (Phi) is 19.2. The third kappa shape index (κ3) is 13.7. The lowest BCUT2D eigenvalue weighted by Gasteiger charge is -2.26. The molecule has 3 amide bonds. The van der Waals surface area contributed by atoms with E-state index in [0.29, 0.717) is 37.3 Å². The number of urea groups is 1. The smallest absolute Gasteiger partial charge is 0.319 e. The first kappa shape index (κ1) is 42.2. The second kappa shape index (κ2) is 21.9. The van der Waals surface area contributed by atoms with Gasteiger partial charge in [-0.2, -0.15) is 0 Å². The van der Waals surface area contributed by atoms with Gasteiger partial charge in [-0.3, -0.25) is 14.7 Å². The molecule has 1 aromatic rings. The van der Waals surface area contributed by atoms with E-state index in [1.54, 1.807) is 6.92 Å². The van der Waals surface area contributed by atoms with Crippen LogP contribution in [-0.2, 0) is 20.9 Å². The van der Waals surface area contributed by atoms with Gasteiger partial charge in [0.2, 0.25) is 0 Å². The van der Waals surface area contributed by atoms with Crippen molar-refractivity contribution in [1.29, 1.82) is 0 Å². The topological polar surface area (TPSA) is 116 Å². The molecule has 1 aliphatic heterocycles. The second-order valence-electron chi connectivity index (χ2n) is 12.9. The fourth-order valence-electron chi connectivity index (χ4n) is 5.15. The third-order valence-electron chi connectivity index (χ3n) is 8.35. The number of pyridine rings is 1. The maximum atomic E-state index is 13.8. The molecule has 10 heteroatoms. The minimum absolute atomic E-state index is 0.0773. The van der Waals surface area contributed by atoms with Gasteiger partial charge in [0.15, 0.2) is 0 Å². The van der Waals surface area contributed by atoms with Crippen LogP contribution in [0.3, 0.4) is 0 Å². The predicted octanol–water partition coefficient (Wildman–Crippen LogP) is 5.66. The molecule has 3 rings (SSSR count). The van der Waals surface area contributed by atoms with Crippen molar-refractivity contribution >= 4 is 24.3 Å². The van der Waals surface area contributed by atoms with Crippen LogP contribution in [0.4, 0.5) is 4.79 Å². The Morgan fingerprint density at radius 3 is 2.35 bits per heavy atom. The van der Waals surface area contributed by atoms with Crippen LogP contribution in [0.15, 0.2) is 72.1 Å². The molecule has 0 bridgehead atoms. The van der Waals surface area contributed by atoms with E-state index in [2.05, 4.69) is 86.8 Å². The molecule has 0 spiro atoms. The van der Waals surface area contributed by atoms with Crippen molar-refractivity contribution < 1.29 is 19.1 Å². The van der Waals surface area contributed by atoms with Crippen molar-refractivity contribution in [2.45, 2.75) is 73.9 Å². The lowest BCUT2D eigenvalue weighted by Crippen LogP contribution is -2.43. The van der Waals surface area contributed by atoms with Crippen LogP contribution in [-0.4, -0.2) is 92.5 Å². The van der Waals surface area contributed by atoms with Gasteiger partial charge in [0.05, 0.1) is 30.5 Å². The average Bonchev–Trinajstić information content (AvgIpc) is 3.08. The Bertz CT molecular complexity index is 1280. The molecular formula is C38H60N6O4. The molecule has 1 aliphatic carbocycles. The zero-order valence-corrected chi connectivity index (χ0v) is 30.7. The van der Waals surface area contributed by atoms with Gasteiger partial charge in [-0.15, -0.1) is 13.2 Å². The number of ether oxygens (including phenoxy) is 1. The molecule has 0 saturated carbocycles. The SMILES string of the molecule is C=C.C=O.CCCN(CCNC)C(=O)C(/C=C(\C)C(C)(C)C)=C(/C)NC(=O)NC1C=CC(C)=C(c2ccc(CN3CCOCC3)nc2)C1. The highest BCUT2D eigenvalue weighted by Crippen LogP contribution is 2.29. The van der Waals surface area contributed by atoms with Gasteiger partial charge < -0.3 is 30.4 Å². The molecule has 0 radical (unpaired) electrons. The lowest BCUT2D eigenvalue weighted by molar-refractivity contribution is -0.126. The number of amides is 3. The zero-order valence-electron chi connectivity index (χ0n) is 30.7. The minimum atomic E-state index is -0.334. The first-order chi connectivity index (χ1) is 22.9. The molecule has 1 unspecified atom stereocenters. The minimum Gasteiger partial charge on any atom is -0.379 e. The molecular weight excluding hydrogens is 604 g/mol. The van der Waals surface area contributed by atoms with Crippen LogP contribution < -0.4 is 16.0 Å². The zero-order chi connectivity index (χ0) is 36.3. The highest BCUT2D eigenvalue weighted by Gasteiger charge is 2.23. The van der Waals surface area contributed by atoms with Gasteiger partial charge in [-0.25, -0.2) is 4.79 Å². The van der Waals surface area contributed by atoms with Crippen molar-refractivity contribution in [3.05, 3.63) is 83.4 Å². The van der Waals surface area contributed by atoms with Gasteiger partial charge in [0, 0.05) is 51.2 Å². The Morgan fingerprint density at radius 2 is 1.79 bits per heavy atom. The monoisotopic (exact) mass is 664 g/mol. The number of carbonyl (C=O) groups is 3. The van der Waals surface area contributed by atoms with Crippen LogP contribution in [0.1, 0.15) is 72.6 Å². The first-order valence-corrected chi connectivity index (χ1v) is 16.8. The molecule has 2 heterocycles. The van der Waals surface area contributed by atoms with E-state index >= 15 is 0 Å². The first-order valence-electron chi connectivity index (χ1n) is 16.8. The van der Waals surface area contributed by atoms with Crippen molar-refractivity contribution in [2.75, 3.05) is 53.0 Å². The van der Waals surface area contributed by atoms with Crippen LogP contribution >= 0.6 is 0 Å². The summed E-state index contributed by atoms with van der Waals surface area (Å²) in [5.41, 5.74) is 6.43. The molecule has 1 atom stereocenters. The summed E-state index contributed by atoms with van der Waals surface area (Å²) in [4.78, 5) is 44.0. The molecule has 3 N–H and O–H groups in total. The summed E-state index contributed by atoms with van der Waals surface area (Å²) < 4.78 is 5.45. The van der Waals surface area contributed by atoms with Crippen LogP contribution in [0.2, 0.25) is 0 Å². The molecule has 0 aromatic carbocycles. The van der Waals surface area contributed by atoms with Gasteiger partial charge in [0.25, 0.3) is 5.91 Å². The number of morpholine rings is 1. The molecule has 1 aromatic heterocycles. The van der Waals surface area contributed by atoms with Crippen molar-refractivity contribution in [2.24, 2.45) is 5.41 Å². The van der Waals surface area contributed by atoms with Gasteiger partial charge in [-0.1, -0.05) is 51.5 Å². The Labute approximate surface area is 289 Å². The van der Waals surface area contributed by atoms with Crippen molar-refractivity contribution in [3.8, 4) is 0 Å². The standard InChI is InChI=1S/C35H54N6O3.C2H4.CH2O/c1-9-15-41(16-14-36-8)33(42)32(21-26(3)35(5,6)7)27(4)38-34(43)39-29-12-10-25(2)31(22-29)28-11-13-30(37-23-28)24-40-17-19-44-20-18-40;2*1-2/h10-13,21,23,29,36H,9,14-20,22,24H2,1-8H3,(H2,38,39,43);1-2H2;1H2/b26-21+,32-27-;;. The second-order valence-corrected chi connectivity index (χ2v) is 12.9. The lowest BCUT2D eigenvalue weighted by atomic mass is 9.86. The largest absolute Gasteiger partial charge is 0.379 e. The van der Waals surface area contributed by atoms with E-state index in [4.69, 9.17) is 14.5 Å². The molecule has 266 valence electrons. The van der Waals surface area contributed by atoms with E-state index in [9.17, 15) is 9.59 Å². The van der Waals surface area contributed by atoms with E-state index in [0.717, 1.165) is 67.2 Å². The Balaban J connectivity index is 0.00000277. The molecule has 10 nitrogen and oxygen atoms in total. The van der Waals surface area contributed by atoms with Gasteiger partial charge in [-0.05, 0) is 74.9 Å². The Morgan fingerprint density at radius 1 is 1.12 bits per heavy atom. The number of aromatic nitrogens is 1. The highest BCUT2D eigenvalue weighted by atomic mass is 16.5. The summed E-state index contributed by atoms with van der Waals surface area (Å²) in [5, 5.41) is 9.21. The van der Waals surface area contributed by atoms with Crippen LogP contribution in [0, 0.1) is 5.41 Å². The molecule has 1 fully saturated rings. The maximum absolute atomic E-state index is 13.8. The quantitative estimate of drug-likeness (QED) is 0.150. The van der Waals surface area contributed by atoms with Crippen molar-refractivity contribution in [1.82, 2.24) is 30.7 Å². The number of nitrogens with one attached hydrogen (secondary N) is 3. The highest BCUT2D eigenvalue weighted by molar-refractivity contribution is 5.98. The summed E-state index contributed by atoms with van der Waals surface area (Å²) in [7, 11) is 1.88. The van der Waals surface area contributed by atoms with E-state index < -0.39 is 0 Å². The van der Waals surface area contributed by atoms with Crippen LogP contribution in [0.25, 0.3) is 5.57 Å². The fraction of sp³-hybridized carbons (Fsp3) is 0.526. The normalized spacial score (nSPS) is 17.2. The van der Waals surface area contributed by atoms with Crippen LogP contribution in [0.5, 0.6) is 0 Å². The number of rotatable bonds is 12. The predicted molar refractivity (Wildman–Crippen MR) is 197 cm³/mol. The summed E-state index contributed by atoms with van der Waals surface area (Å²) in [6.07, 6.45) is 9.46. The summed E-state index contributed by atoms with van der Waals surface area (Å²) in [5.74, 6) is -0.0773. The number of nitrogens with zero attached hydrogens (tertiary/aromatic N) is 3. The average molecular weight is 665 g/mol. The van der Waals surface area contributed by atoms with E-state index in [1.165, 1.54) is 0 Å². The number of hydrogen-bond acceptors (Lipinski definition) is 7. The molecule has 48 heavy (non-hydrogen) atoms. The summed E-state index contributed by atoms with van der Waals surface area (Å²) in [6, 6.07) is 3.70.